The molecule has 0 bridgehead atoms. The van der Waals surface area contributed by atoms with Gasteiger partial charge in [0.2, 0.25) is 0 Å². The van der Waals surface area contributed by atoms with Crippen LogP contribution in [0.1, 0.15) is 12.5 Å². The number of benzene rings is 1. The molecule has 0 spiro atoms. The van der Waals surface area contributed by atoms with E-state index in [1.54, 1.807) is 28.4 Å². The number of hydrogen-bond donors (Lipinski definition) is 0. The van der Waals surface area contributed by atoms with Crippen molar-refractivity contribution in [2.24, 2.45) is 0 Å². The molecule has 0 saturated heterocycles. The molecule has 18 heavy (non-hydrogen) atoms. The van der Waals surface area contributed by atoms with Crippen LogP contribution in [0.25, 0.3) is 0 Å². The predicted molar refractivity (Wildman–Crippen MR) is 69.4 cm³/mol. The second kappa shape index (κ2) is 6.85. The van der Waals surface area contributed by atoms with Crippen molar-refractivity contribution in [3.05, 3.63) is 35.9 Å². The largest absolute Gasteiger partial charge is 0.355 e. The number of methoxy groups -OCH3 is 4. The zero-order valence-electron chi connectivity index (χ0n) is 11.7. The number of ether oxygens (including phenoxy) is 4. The molecule has 102 valence electrons. The van der Waals surface area contributed by atoms with E-state index in [1.165, 1.54) is 0 Å². The fourth-order valence-electron chi connectivity index (χ4n) is 2.35. The fourth-order valence-corrected chi connectivity index (χ4v) is 2.35. The van der Waals surface area contributed by atoms with E-state index >= 15 is 0 Å². The van der Waals surface area contributed by atoms with Gasteiger partial charge in [-0.25, -0.2) is 0 Å². The molecule has 0 fully saturated rings. The van der Waals surface area contributed by atoms with Gasteiger partial charge in [0.05, 0.1) is 5.41 Å². The van der Waals surface area contributed by atoms with Crippen molar-refractivity contribution < 1.29 is 18.9 Å². The molecule has 0 radical (unpaired) electrons. The van der Waals surface area contributed by atoms with Crippen molar-refractivity contribution >= 4 is 0 Å². The summed E-state index contributed by atoms with van der Waals surface area (Å²) in [7, 11) is 6.44. The molecule has 0 amide bonds. The molecule has 0 aromatic heterocycles. The van der Waals surface area contributed by atoms with Crippen molar-refractivity contribution in [2.45, 2.75) is 24.9 Å². The zero-order valence-corrected chi connectivity index (χ0v) is 11.7. The third kappa shape index (κ3) is 2.72. The summed E-state index contributed by atoms with van der Waals surface area (Å²) in [4.78, 5) is 0. The van der Waals surface area contributed by atoms with Gasteiger partial charge in [0.1, 0.15) is 0 Å². The molecule has 1 aromatic rings. The molecule has 0 unspecified atom stereocenters. The van der Waals surface area contributed by atoms with E-state index in [9.17, 15) is 0 Å². The minimum atomic E-state index is -0.561. The summed E-state index contributed by atoms with van der Waals surface area (Å²) in [5, 5.41) is 0. The Bertz CT molecular complexity index is 319. The monoisotopic (exact) mass is 254 g/mol. The van der Waals surface area contributed by atoms with Gasteiger partial charge in [-0.1, -0.05) is 30.3 Å². The van der Waals surface area contributed by atoms with Crippen molar-refractivity contribution in [1.82, 2.24) is 0 Å². The van der Waals surface area contributed by atoms with Crippen LogP contribution in [-0.4, -0.2) is 41.0 Å². The first-order valence-corrected chi connectivity index (χ1v) is 5.81. The molecule has 4 heteroatoms. The van der Waals surface area contributed by atoms with Gasteiger partial charge in [0.15, 0.2) is 12.6 Å². The van der Waals surface area contributed by atoms with Crippen LogP contribution in [0.2, 0.25) is 0 Å². The van der Waals surface area contributed by atoms with E-state index in [0.29, 0.717) is 0 Å². The van der Waals surface area contributed by atoms with Crippen LogP contribution in [0.5, 0.6) is 0 Å². The summed E-state index contributed by atoms with van der Waals surface area (Å²) in [6, 6.07) is 9.93. The van der Waals surface area contributed by atoms with Crippen LogP contribution in [0.3, 0.4) is 0 Å². The minimum Gasteiger partial charge on any atom is -0.355 e. The summed E-state index contributed by atoms with van der Waals surface area (Å²) in [6.07, 6.45) is -0.936. The average Bonchev–Trinajstić information content (AvgIpc) is 2.42. The van der Waals surface area contributed by atoms with Crippen LogP contribution in [-0.2, 0) is 24.4 Å². The highest BCUT2D eigenvalue weighted by molar-refractivity contribution is 5.26. The van der Waals surface area contributed by atoms with E-state index in [1.807, 2.05) is 37.3 Å². The normalized spacial score (nSPS) is 12.4. The second-order valence-electron chi connectivity index (χ2n) is 4.26. The highest BCUT2D eigenvalue weighted by atomic mass is 16.7. The Morgan fingerprint density at radius 2 is 1.17 bits per heavy atom. The van der Waals surface area contributed by atoms with Crippen molar-refractivity contribution in [3.63, 3.8) is 0 Å². The fraction of sp³-hybridized carbons (Fsp3) is 0.571. The molecular weight excluding hydrogens is 232 g/mol. The van der Waals surface area contributed by atoms with Crippen LogP contribution >= 0.6 is 0 Å². The standard InChI is InChI=1S/C14H22O4/c1-14(12(15-2)16-3,13(17-4)18-5)11-9-7-6-8-10-11/h6-10,12-13H,1-5H3. The molecule has 0 saturated carbocycles. The SMILES string of the molecule is COC(OC)C(C)(c1ccccc1)C(OC)OC. The summed E-state index contributed by atoms with van der Waals surface area (Å²) < 4.78 is 21.7. The maximum Gasteiger partial charge on any atom is 0.171 e. The molecule has 0 heterocycles. The third-order valence-corrected chi connectivity index (χ3v) is 3.23. The summed E-state index contributed by atoms with van der Waals surface area (Å²) in [5.74, 6) is 0. The molecule has 1 aromatic carbocycles. The van der Waals surface area contributed by atoms with Gasteiger partial charge < -0.3 is 18.9 Å². The van der Waals surface area contributed by atoms with Gasteiger partial charge in [-0.05, 0) is 12.5 Å². The Balaban J connectivity index is 3.24. The molecule has 1 rings (SSSR count). The Morgan fingerprint density at radius 1 is 0.778 bits per heavy atom. The molecule has 0 atom stereocenters. The van der Waals surface area contributed by atoms with E-state index in [4.69, 9.17) is 18.9 Å². The first-order valence-electron chi connectivity index (χ1n) is 5.81. The van der Waals surface area contributed by atoms with Gasteiger partial charge in [-0.15, -0.1) is 0 Å². The van der Waals surface area contributed by atoms with Gasteiger partial charge in [-0.2, -0.15) is 0 Å². The Morgan fingerprint density at radius 3 is 1.50 bits per heavy atom. The summed E-state index contributed by atoms with van der Waals surface area (Å²) in [6.45, 7) is 2.00. The third-order valence-electron chi connectivity index (χ3n) is 3.23. The maximum atomic E-state index is 5.42. The molecule has 0 aliphatic heterocycles. The number of rotatable bonds is 7. The highest BCUT2D eigenvalue weighted by Gasteiger charge is 2.45. The lowest BCUT2D eigenvalue weighted by molar-refractivity contribution is -0.233. The Labute approximate surface area is 109 Å². The predicted octanol–water partition coefficient (Wildman–Crippen LogP) is 2.18. The number of hydrogen-bond acceptors (Lipinski definition) is 4. The Kier molecular flexibility index (Phi) is 5.75. The van der Waals surface area contributed by atoms with Crippen LogP contribution < -0.4 is 0 Å². The average molecular weight is 254 g/mol. The van der Waals surface area contributed by atoms with Crippen LogP contribution in [0, 0.1) is 0 Å². The van der Waals surface area contributed by atoms with E-state index in [2.05, 4.69) is 0 Å². The van der Waals surface area contributed by atoms with Gasteiger partial charge in [0.25, 0.3) is 0 Å². The minimum absolute atomic E-state index is 0.468. The maximum absolute atomic E-state index is 5.42. The molecule has 0 aliphatic carbocycles. The topological polar surface area (TPSA) is 36.9 Å². The highest BCUT2D eigenvalue weighted by Crippen LogP contribution is 2.35. The van der Waals surface area contributed by atoms with Crippen LogP contribution in [0.4, 0.5) is 0 Å². The Hall–Kier alpha value is -0.940. The summed E-state index contributed by atoms with van der Waals surface area (Å²) >= 11 is 0. The molecule has 4 nitrogen and oxygen atoms in total. The van der Waals surface area contributed by atoms with Gasteiger partial charge in [-0.3, -0.25) is 0 Å². The van der Waals surface area contributed by atoms with Gasteiger partial charge in [0, 0.05) is 28.4 Å². The van der Waals surface area contributed by atoms with Gasteiger partial charge >= 0.3 is 0 Å². The van der Waals surface area contributed by atoms with E-state index < -0.39 is 18.0 Å². The van der Waals surface area contributed by atoms with Crippen LogP contribution in [0.15, 0.2) is 30.3 Å². The van der Waals surface area contributed by atoms with E-state index in [0.717, 1.165) is 5.56 Å². The van der Waals surface area contributed by atoms with Crippen molar-refractivity contribution in [2.75, 3.05) is 28.4 Å². The molecule has 0 aliphatic rings. The zero-order chi connectivity index (χ0) is 13.6. The lowest BCUT2D eigenvalue weighted by Gasteiger charge is -2.40. The quantitative estimate of drug-likeness (QED) is 0.699. The van der Waals surface area contributed by atoms with Crippen molar-refractivity contribution in [3.8, 4) is 0 Å². The van der Waals surface area contributed by atoms with Crippen molar-refractivity contribution in [1.29, 1.82) is 0 Å². The first-order chi connectivity index (χ1) is 8.64. The second-order valence-corrected chi connectivity index (χ2v) is 4.26. The lowest BCUT2D eigenvalue weighted by atomic mass is 9.80. The first kappa shape index (κ1) is 15.1. The van der Waals surface area contributed by atoms with E-state index in [-0.39, 0.29) is 0 Å². The molecule has 0 N–H and O–H groups in total. The molecular formula is C14H22O4. The smallest absolute Gasteiger partial charge is 0.171 e. The summed E-state index contributed by atoms with van der Waals surface area (Å²) in [5.41, 5.74) is 0.473. The lowest BCUT2D eigenvalue weighted by Crippen LogP contribution is -2.50.